The van der Waals surface area contributed by atoms with Crippen molar-refractivity contribution in [2.75, 3.05) is 5.32 Å². The molecule has 0 aromatic heterocycles. The van der Waals surface area contributed by atoms with Crippen molar-refractivity contribution in [2.24, 2.45) is 0 Å². The predicted molar refractivity (Wildman–Crippen MR) is 76.2 cm³/mol. The summed E-state index contributed by atoms with van der Waals surface area (Å²) in [5.41, 5.74) is 1.46. The minimum Gasteiger partial charge on any atom is -0.354 e. The molecule has 0 heterocycles. The molecule has 0 unspecified atom stereocenters. The molecule has 0 spiro atoms. The Balaban J connectivity index is 2.34. The van der Waals surface area contributed by atoms with Gasteiger partial charge in [0.25, 0.3) is 0 Å². The number of benzene rings is 2. The second-order valence-electron chi connectivity index (χ2n) is 3.38. The van der Waals surface area contributed by atoms with Crippen LogP contribution in [0.2, 0.25) is 20.1 Å². The first-order valence-electron chi connectivity index (χ1n) is 4.73. The van der Waals surface area contributed by atoms with Crippen LogP contribution in [0.5, 0.6) is 0 Å². The molecule has 5 heteroatoms. The Morgan fingerprint density at radius 2 is 1.47 bits per heavy atom. The zero-order valence-electron chi connectivity index (χ0n) is 8.48. The molecular weight excluding hydrogens is 300 g/mol. The van der Waals surface area contributed by atoms with Crippen LogP contribution < -0.4 is 5.32 Å². The van der Waals surface area contributed by atoms with Crippen molar-refractivity contribution in [1.29, 1.82) is 0 Å². The van der Waals surface area contributed by atoms with Crippen molar-refractivity contribution in [2.45, 2.75) is 0 Å². The molecule has 0 bridgehead atoms. The first-order valence-corrected chi connectivity index (χ1v) is 6.24. The molecule has 88 valence electrons. The third kappa shape index (κ3) is 3.20. The maximum absolute atomic E-state index is 6.06. The Kier molecular flexibility index (Phi) is 4.05. The van der Waals surface area contributed by atoms with E-state index in [-0.39, 0.29) is 0 Å². The van der Waals surface area contributed by atoms with E-state index in [1.54, 1.807) is 24.3 Å². The number of rotatable bonds is 2. The van der Waals surface area contributed by atoms with Crippen molar-refractivity contribution in [1.82, 2.24) is 0 Å². The highest BCUT2D eigenvalue weighted by atomic mass is 35.5. The van der Waals surface area contributed by atoms with Crippen molar-refractivity contribution in [3.8, 4) is 0 Å². The Hall–Kier alpha value is -0.600. The molecule has 0 saturated heterocycles. The number of hydrogen-bond acceptors (Lipinski definition) is 1. The second kappa shape index (κ2) is 5.36. The number of halogens is 4. The average molecular weight is 307 g/mol. The van der Waals surface area contributed by atoms with Crippen LogP contribution in [0.4, 0.5) is 11.4 Å². The maximum Gasteiger partial charge on any atom is 0.0827 e. The third-order valence-corrected chi connectivity index (χ3v) is 3.35. The minimum atomic E-state index is 0.463. The molecule has 0 aliphatic carbocycles. The molecular formula is C12H7Cl4N. The summed E-state index contributed by atoms with van der Waals surface area (Å²) in [7, 11) is 0. The lowest BCUT2D eigenvalue weighted by Gasteiger charge is -2.10. The molecule has 0 atom stereocenters. The van der Waals surface area contributed by atoms with Gasteiger partial charge in [0.1, 0.15) is 0 Å². The SMILES string of the molecule is Clc1cc(Cl)cc(Nc2cccc(Cl)c2Cl)c1. The van der Waals surface area contributed by atoms with E-state index >= 15 is 0 Å². The van der Waals surface area contributed by atoms with Crippen LogP contribution in [0.15, 0.2) is 36.4 Å². The molecule has 2 rings (SSSR count). The van der Waals surface area contributed by atoms with E-state index in [0.29, 0.717) is 25.8 Å². The topological polar surface area (TPSA) is 12.0 Å². The van der Waals surface area contributed by atoms with Crippen LogP contribution >= 0.6 is 46.4 Å². The normalized spacial score (nSPS) is 10.4. The molecule has 2 aromatic carbocycles. The minimum absolute atomic E-state index is 0.463. The highest BCUT2D eigenvalue weighted by molar-refractivity contribution is 6.43. The number of anilines is 2. The van der Waals surface area contributed by atoms with Gasteiger partial charge in [0.05, 0.1) is 15.7 Å². The fourth-order valence-corrected chi connectivity index (χ4v) is 2.26. The van der Waals surface area contributed by atoms with Gasteiger partial charge in [-0.3, -0.25) is 0 Å². The molecule has 0 amide bonds. The lowest BCUT2D eigenvalue weighted by molar-refractivity contribution is 1.55. The smallest absolute Gasteiger partial charge is 0.0827 e. The van der Waals surface area contributed by atoms with Gasteiger partial charge >= 0.3 is 0 Å². The lowest BCUT2D eigenvalue weighted by Crippen LogP contribution is -1.91. The Labute approximate surface area is 119 Å². The van der Waals surface area contributed by atoms with Gasteiger partial charge in [0, 0.05) is 15.7 Å². The van der Waals surface area contributed by atoms with Gasteiger partial charge in [-0.1, -0.05) is 52.5 Å². The van der Waals surface area contributed by atoms with Gasteiger partial charge in [-0.05, 0) is 30.3 Å². The van der Waals surface area contributed by atoms with Gasteiger partial charge < -0.3 is 5.32 Å². The Morgan fingerprint density at radius 1 is 0.824 bits per heavy atom. The van der Waals surface area contributed by atoms with Gasteiger partial charge in [-0.15, -0.1) is 0 Å². The number of nitrogens with one attached hydrogen (secondary N) is 1. The molecule has 17 heavy (non-hydrogen) atoms. The monoisotopic (exact) mass is 305 g/mol. The Bertz CT molecular complexity index is 534. The summed E-state index contributed by atoms with van der Waals surface area (Å²) >= 11 is 23.8. The van der Waals surface area contributed by atoms with Crippen LogP contribution in [0.25, 0.3) is 0 Å². The first kappa shape index (κ1) is 12.8. The summed E-state index contributed by atoms with van der Waals surface area (Å²) in [5.74, 6) is 0. The fourth-order valence-electron chi connectivity index (χ4n) is 1.38. The lowest BCUT2D eigenvalue weighted by atomic mass is 10.2. The largest absolute Gasteiger partial charge is 0.354 e. The van der Waals surface area contributed by atoms with E-state index in [1.807, 2.05) is 12.1 Å². The highest BCUT2D eigenvalue weighted by Crippen LogP contribution is 2.33. The van der Waals surface area contributed by atoms with Crippen molar-refractivity contribution >= 4 is 57.8 Å². The Morgan fingerprint density at radius 3 is 2.12 bits per heavy atom. The van der Waals surface area contributed by atoms with Crippen molar-refractivity contribution in [3.63, 3.8) is 0 Å². The quantitative estimate of drug-likeness (QED) is 0.712. The standard InChI is InChI=1S/C12H7Cl4N/c13-7-4-8(14)6-9(5-7)17-11-3-1-2-10(15)12(11)16/h1-6,17H. The van der Waals surface area contributed by atoms with Crippen LogP contribution in [-0.2, 0) is 0 Å². The summed E-state index contributed by atoms with van der Waals surface area (Å²) in [6.07, 6.45) is 0. The van der Waals surface area contributed by atoms with Crippen LogP contribution in [0.1, 0.15) is 0 Å². The first-order chi connectivity index (χ1) is 8.06. The molecule has 0 saturated carbocycles. The molecule has 1 N–H and O–H groups in total. The van der Waals surface area contributed by atoms with E-state index < -0.39 is 0 Å². The summed E-state index contributed by atoms with van der Waals surface area (Å²) in [6, 6.07) is 10.5. The van der Waals surface area contributed by atoms with E-state index in [9.17, 15) is 0 Å². The van der Waals surface area contributed by atoms with Gasteiger partial charge in [-0.2, -0.15) is 0 Å². The predicted octanol–water partition coefficient (Wildman–Crippen LogP) is 6.04. The van der Waals surface area contributed by atoms with E-state index in [4.69, 9.17) is 46.4 Å². The maximum atomic E-state index is 6.06. The zero-order chi connectivity index (χ0) is 12.4. The summed E-state index contributed by atoms with van der Waals surface area (Å²) in [5, 5.41) is 5.17. The van der Waals surface area contributed by atoms with E-state index in [1.165, 1.54) is 0 Å². The third-order valence-electron chi connectivity index (χ3n) is 2.09. The zero-order valence-corrected chi connectivity index (χ0v) is 11.5. The second-order valence-corrected chi connectivity index (χ2v) is 5.04. The molecule has 2 aromatic rings. The average Bonchev–Trinajstić information content (AvgIpc) is 2.23. The van der Waals surface area contributed by atoms with Gasteiger partial charge in [-0.25, -0.2) is 0 Å². The molecule has 0 radical (unpaired) electrons. The van der Waals surface area contributed by atoms with Crippen LogP contribution in [0, 0.1) is 0 Å². The van der Waals surface area contributed by atoms with Crippen molar-refractivity contribution in [3.05, 3.63) is 56.5 Å². The summed E-state index contributed by atoms with van der Waals surface area (Å²) in [4.78, 5) is 0. The summed E-state index contributed by atoms with van der Waals surface area (Å²) in [6.45, 7) is 0. The van der Waals surface area contributed by atoms with Crippen LogP contribution in [0.3, 0.4) is 0 Å². The fraction of sp³-hybridized carbons (Fsp3) is 0. The van der Waals surface area contributed by atoms with E-state index in [0.717, 1.165) is 5.69 Å². The molecule has 0 aliphatic heterocycles. The van der Waals surface area contributed by atoms with Gasteiger partial charge in [0.15, 0.2) is 0 Å². The van der Waals surface area contributed by atoms with Gasteiger partial charge in [0.2, 0.25) is 0 Å². The molecule has 1 nitrogen and oxygen atoms in total. The van der Waals surface area contributed by atoms with Crippen molar-refractivity contribution < 1.29 is 0 Å². The molecule has 0 aliphatic rings. The summed E-state index contributed by atoms with van der Waals surface area (Å²) < 4.78 is 0. The highest BCUT2D eigenvalue weighted by Gasteiger charge is 2.05. The van der Waals surface area contributed by atoms with E-state index in [2.05, 4.69) is 5.32 Å². The van der Waals surface area contributed by atoms with Crippen LogP contribution in [-0.4, -0.2) is 0 Å². The molecule has 0 fully saturated rings. The number of hydrogen-bond donors (Lipinski definition) is 1.